The fourth-order valence-corrected chi connectivity index (χ4v) is 7.07. The summed E-state index contributed by atoms with van der Waals surface area (Å²) in [6, 6.07) is 72.7. The van der Waals surface area contributed by atoms with Crippen LogP contribution in [0.5, 0.6) is 0 Å². The van der Waals surface area contributed by atoms with Crippen LogP contribution >= 0.6 is 0 Å². The minimum Gasteiger partial charge on any atom is -0.456 e. The van der Waals surface area contributed by atoms with Gasteiger partial charge in [-0.15, -0.1) is 0 Å². The van der Waals surface area contributed by atoms with Gasteiger partial charge in [0.05, 0.1) is 11.1 Å². The van der Waals surface area contributed by atoms with Crippen molar-refractivity contribution in [3.8, 4) is 22.3 Å². The van der Waals surface area contributed by atoms with E-state index >= 15 is 0 Å². The van der Waals surface area contributed by atoms with Crippen molar-refractivity contribution in [2.45, 2.75) is 0 Å². The second-order valence-electron chi connectivity index (χ2n) is 12.6. The molecule has 3 heteroatoms. The van der Waals surface area contributed by atoms with Gasteiger partial charge in [-0.25, -0.2) is 0 Å². The van der Waals surface area contributed by atoms with E-state index in [4.69, 9.17) is 4.42 Å². The summed E-state index contributed by atoms with van der Waals surface area (Å²) in [5, 5.41) is 2.17. The summed E-state index contributed by atoms with van der Waals surface area (Å²) in [4.78, 5) is 4.67. The van der Waals surface area contributed by atoms with Crippen LogP contribution in [0.1, 0.15) is 0 Å². The molecule has 1 aromatic heterocycles. The first-order valence-corrected chi connectivity index (χ1v) is 17.3. The summed E-state index contributed by atoms with van der Waals surface area (Å²) in [6.07, 6.45) is 0. The molecular formula is C48H34N2O. The van der Waals surface area contributed by atoms with Crippen molar-refractivity contribution in [3.05, 3.63) is 206 Å². The van der Waals surface area contributed by atoms with Crippen LogP contribution in [0.25, 0.3) is 44.2 Å². The molecule has 1 heterocycles. The van der Waals surface area contributed by atoms with E-state index in [0.717, 1.165) is 67.2 Å². The number of furan rings is 1. The smallest absolute Gasteiger partial charge is 0.137 e. The Hall–Kier alpha value is -6.84. The van der Waals surface area contributed by atoms with Crippen molar-refractivity contribution in [3.63, 3.8) is 0 Å². The number of fused-ring (bicyclic) bond motifs is 3. The topological polar surface area (TPSA) is 19.6 Å². The number of nitrogens with zero attached hydrogens (tertiary/aromatic N) is 2. The fourth-order valence-electron chi connectivity index (χ4n) is 7.07. The van der Waals surface area contributed by atoms with E-state index in [0.29, 0.717) is 0 Å². The summed E-state index contributed by atoms with van der Waals surface area (Å²) < 4.78 is 6.50. The monoisotopic (exact) mass is 654 g/mol. The zero-order chi connectivity index (χ0) is 34.0. The van der Waals surface area contributed by atoms with E-state index in [1.165, 1.54) is 11.1 Å². The normalized spacial score (nSPS) is 11.1. The molecule has 0 N–H and O–H groups in total. The highest BCUT2D eigenvalue weighted by Crippen LogP contribution is 2.48. The lowest BCUT2D eigenvalue weighted by atomic mass is 9.97. The number of rotatable bonds is 8. The van der Waals surface area contributed by atoms with Crippen LogP contribution in [-0.2, 0) is 0 Å². The molecule has 0 amide bonds. The summed E-state index contributed by atoms with van der Waals surface area (Å²) in [6.45, 7) is 0. The average molecular weight is 655 g/mol. The van der Waals surface area contributed by atoms with Gasteiger partial charge in [0.2, 0.25) is 0 Å². The van der Waals surface area contributed by atoms with Gasteiger partial charge in [0.25, 0.3) is 0 Å². The van der Waals surface area contributed by atoms with Gasteiger partial charge in [0, 0.05) is 39.4 Å². The van der Waals surface area contributed by atoms with Crippen LogP contribution in [0.15, 0.2) is 211 Å². The van der Waals surface area contributed by atoms with Gasteiger partial charge in [0.1, 0.15) is 11.2 Å². The lowest BCUT2D eigenvalue weighted by Gasteiger charge is -2.29. The molecule has 8 aromatic carbocycles. The number of para-hydroxylation sites is 4. The highest BCUT2D eigenvalue weighted by Gasteiger charge is 2.24. The van der Waals surface area contributed by atoms with Gasteiger partial charge in [-0.05, 0) is 95.6 Å². The molecule has 0 saturated heterocycles. The second-order valence-corrected chi connectivity index (χ2v) is 12.6. The highest BCUT2D eigenvalue weighted by atomic mass is 16.3. The Morgan fingerprint density at radius 1 is 0.294 bits per heavy atom. The Bertz CT molecular complexity index is 2510. The number of hydrogen-bond donors (Lipinski definition) is 0. The molecule has 9 aromatic rings. The summed E-state index contributed by atoms with van der Waals surface area (Å²) in [7, 11) is 0. The lowest BCUT2D eigenvalue weighted by molar-refractivity contribution is 0.669. The van der Waals surface area contributed by atoms with E-state index in [9.17, 15) is 0 Å². The van der Waals surface area contributed by atoms with Gasteiger partial charge in [0.15, 0.2) is 0 Å². The van der Waals surface area contributed by atoms with Crippen LogP contribution in [-0.4, -0.2) is 0 Å². The summed E-state index contributed by atoms with van der Waals surface area (Å²) in [5.74, 6) is 0. The Morgan fingerprint density at radius 3 is 1.31 bits per heavy atom. The van der Waals surface area contributed by atoms with E-state index < -0.39 is 0 Å². The molecule has 0 aliphatic heterocycles. The zero-order valence-electron chi connectivity index (χ0n) is 27.9. The first-order valence-electron chi connectivity index (χ1n) is 17.3. The largest absolute Gasteiger partial charge is 0.456 e. The molecule has 0 atom stereocenters. The first-order chi connectivity index (χ1) is 25.3. The molecule has 51 heavy (non-hydrogen) atoms. The molecule has 0 aliphatic rings. The predicted octanol–water partition coefficient (Wildman–Crippen LogP) is 13.9. The maximum atomic E-state index is 6.50. The van der Waals surface area contributed by atoms with Crippen molar-refractivity contribution >= 4 is 56.1 Å². The molecule has 0 bridgehead atoms. The molecule has 9 rings (SSSR count). The maximum Gasteiger partial charge on any atom is 0.137 e. The average Bonchev–Trinajstić information content (AvgIpc) is 3.59. The van der Waals surface area contributed by atoms with Gasteiger partial charge >= 0.3 is 0 Å². The van der Waals surface area contributed by atoms with E-state index in [1.807, 2.05) is 6.07 Å². The van der Waals surface area contributed by atoms with Crippen molar-refractivity contribution in [1.82, 2.24) is 0 Å². The minimum absolute atomic E-state index is 0.854. The van der Waals surface area contributed by atoms with Crippen molar-refractivity contribution in [2.75, 3.05) is 9.80 Å². The highest BCUT2D eigenvalue weighted by molar-refractivity contribution is 6.17. The van der Waals surface area contributed by atoms with Gasteiger partial charge in [-0.3, -0.25) is 0 Å². The quantitative estimate of drug-likeness (QED) is 0.163. The van der Waals surface area contributed by atoms with E-state index in [1.54, 1.807) is 0 Å². The first kappa shape index (κ1) is 30.2. The zero-order valence-corrected chi connectivity index (χ0v) is 27.9. The molecule has 0 fully saturated rings. The van der Waals surface area contributed by atoms with Crippen LogP contribution in [0, 0.1) is 0 Å². The Morgan fingerprint density at radius 2 is 0.725 bits per heavy atom. The molecule has 0 spiro atoms. The van der Waals surface area contributed by atoms with E-state index in [-0.39, 0.29) is 0 Å². The summed E-state index contributed by atoms with van der Waals surface area (Å²) in [5.41, 5.74) is 12.8. The predicted molar refractivity (Wildman–Crippen MR) is 214 cm³/mol. The van der Waals surface area contributed by atoms with Crippen LogP contribution in [0.2, 0.25) is 0 Å². The van der Waals surface area contributed by atoms with Gasteiger partial charge in [-0.1, -0.05) is 127 Å². The minimum atomic E-state index is 0.854. The SMILES string of the molecule is c1ccc(-c2ccc(N(c3ccccc3)c3c(-c4ccc(N(c5ccccc5)c5ccccc5)cc4)ccc4oc5ccccc5c34)cc2)cc1. The summed E-state index contributed by atoms with van der Waals surface area (Å²) >= 11 is 0. The van der Waals surface area contributed by atoms with Crippen LogP contribution < -0.4 is 9.80 Å². The molecule has 242 valence electrons. The molecule has 0 aliphatic carbocycles. The molecule has 3 nitrogen and oxygen atoms in total. The van der Waals surface area contributed by atoms with Crippen molar-refractivity contribution < 1.29 is 4.42 Å². The number of benzene rings is 8. The van der Waals surface area contributed by atoms with Crippen LogP contribution in [0.3, 0.4) is 0 Å². The number of anilines is 6. The second kappa shape index (κ2) is 13.2. The third-order valence-electron chi connectivity index (χ3n) is 9.45. The third kappa shape index (κ3) is 5.71. The Kier molecular flexibility index (Phi) is 7.84. The molecule has 0 unspecified atom stereocenters. The van der Waals surface area contributed by atoms with E-state index in [2.05, 4.69) is 210 Å². The van der Waals surface area contributed by atoms with Gasteiger partial charge < -0.3 is 14.2 Å². The van der Waals surface area contributed by atoms with Crippen molar-refractivity contribution in [1.29, 1.82) is 0 Å². The fraction of sp³-hybridized carbons (Fsp3) is 0. The number of hydrogen-bond acceptors (Lipinski definition) is 3. The third-order valence-corrected chi connectivity index (χ3v) is 9.45. The van der Waals surface area contributed by atoms with Crippen molar-refractivity contribution in [2.24, 2.45) is 0 Å². The Labute approximate surface area is 297 Å². The van der Waals surface area contributed by atoms with Crippen LogP contribution in [0.4, 0.5) is 34.1 Å². The molecule has 0 saturated carbocycles. The van der Waals surface area contributed by atoms with Gasteiger partial charge in [-0.2, -0.15) is 0 Å². The molecule has 0 radical (unpaired) electrons. The maximum absolute atomic E-state index is 6.50. The lowest BCUT2D eigenvalue weighted by Crippen LogP contribution is -2.12. The Balaban J connectivity index is 1.24. The molecular weight excluding hydrogens is 621 g/mol. The standard InChI is InChI=1S/C48H34N2O/c1-5-15-35(16-6-1)36-25-29-42(30-26-36)50(40-21-11-4-12-22-40)48-43(33-34-46-47(48)44-23-13-14-24-45(44)51-46)37-27-31-41(32-28-37)49(38-17-7-2-8-18-38)39-19-9-3-10-20-39/h1-34H.